The number of esters is 1. The Balaban J connectivity index is 2.03. The van der Waals surface area contributed by atoms with Crippen LogP contribution in [0.5, 0.6) is 0 Å². The third-order valence-electron chi connectivity index (χ3n) is 3.70. The molecule has 0 N–H and O–H groups in total. The zero-order chi connectivity index (χ0) is 16.2. The first-order valence-corrected chi connectivity index (χ1v) is 7.44. The van der Waals surface area contributed by atoms with Gasteiger partial charge in [-0.2, -0.15) is 5.10 Å². The molecule has 4 heteroatoms. The van der Waals surface area contributed by atoms with E-state index in [9.17, 15) is 4.79 Å². The quantitative estimate of drug-likeness (QED) is 0.690. The minimum absolute atomic E-state index is 0.319. The van der Waals surface area contributed by atoms with Crippen molar-refractivity contribution in [3.05, 3.63) is 77.5 Å². The summed E-state index contributed by atoms with van der Waals surface area (Å²) >= 11 is 0. The second kappa shape index (κ2) is 6.48. The number of rotatable bonds is 4. The molecule has 0 spiro atoms. The van der Waals surface area contributed by atoms with Crippen LogP contribution < -0.4 is 0 Å². The number of benzene rings is 2. The summed E-state index contributed by atoms with van der Waals surface area (Å²) in [4.78, 5) is 11.8. The fourth-order valence-corrected chi connectivity index (χ4v) is 2.45. The predicted molar refractivity (Wildman–Crippen MR) is 89.3 cm³/mol. The van der Waals surface area contributed by atoms with Gasteiger partial charge in [-0.05, 0) is 24.1 Å². The number of aryl methyl sites for hydroxylation is 1. The van der Waals surface area contributed by atoms with E-state index in [1.54, 1.807) is 6.07 Å². The van der Waals surface area contributed by atoms with Gasteiger partial charge in [-0.25, -0.2) is 4.79 Å². The lowest BCUT2D eigenvalue weighted by Gasteiger charge is -2.08. The number of hydrogen-bond acceptors (Lipinski definition) is 3. The van der Waals surface area contributed by atoms with Crippen molar-refractivity contribution < 1.29 is 9.53 Å². The van der Waals surface area contributed by atoms with Crippen LogP contribution in [0.4, 0.5) is 0 Å². The average Bonchev–Trinajstić information content (AvgIpc) is 2.99. The number of aromatic nitrogens is 2. The first-order valence-electron chi connectivity index (χ1n) is 7.44. The summed E-state index contributed by atoms with van der Waals surface area (Å²) in [5.74, 6) is -0.426. The molecule has 0 saturated carbocycles. The molecule has 23 heavy (non-hydrogen) atoms. The summed E-state index contributed by atoms with van der Waals surface area (Å²) in [6, 6.07) is 20.0. The van der Waals surface area contributed by atoms with Gasteiger partial charge >= 0.3 is 5.97 Å². The minimum Gasteiger partial charge on any atom is -0.464 e. The molecule has 1 aromatic heterocycles. The molecule has 116 valence electrons. The summed E-state index contributed by atoms with van der Waals surface area (Å²) in [5, 5.41) is 4.42. The largest absolute Gasteiger partial charge is 0.464 e. The molecular weight excluding hydrogens is 288 g/mol. The molecule has 2 aromatic carbocycles. The van der Waals surface area contributed by atoms with Gasteiger partial charge < -0.3 is 4.74 Å². The van der Waals surface area contributed by atoms with Gasteiger partial charge in [-0.1, -0.05) is 60.2 Å². The Morgan fingerprint density at radius 3 is 2.43 bits per heavy atom. The Bertz CT molecular complexity index is 805. The monoisotopic (exact) mass is 306 g/mol. The van der Waals surface area contributed by atoms with Crippen LogP contribution in [-0.4, -0.2) is 22.9 Å². The third-order valence-corrected chi connectivity index (χ3v) is 3.70. The van der Waals surface area contributed by atoms with Crippen LogP contribution in [0.3, 0.4) is 0 Å². The molecule has 0 fully saturated rings. The number of carbonyl (C=O) groups is 1. The van der Waals surface area contributed by atoms with Crippen molar-refractivity contribution in [2.24, 2.45) is 0 Å². The summed E-state index contributed by atoms with van der Waals surface area (Å²) in [5.41, 5.74) is 4.55. The molecule has 1 heterocycles. The second-order valence-corrected chi connectivity index (χ2v) is 5.42. The van der Waals surface area contributed by atoms with E-state index in [-0.39, 0.29) is 0 Å². The summed E-state index contributed by atoms with van der Waals surface area (Å²) in [7, 11) is 1.37. The Hall–Kier alpha value is -2.88. The number of hydrogen-bond donors (Lipinski definition) is 0. The van der Waals surface area contributed by atoms with E-state index in [2.05, 4.69) is 5.10 Å². The first kappa shape index (κ1) is 15.0. The van der Waals surface area contributed by atoms with Crippen LogP contribution in [0.15, 0.2) is 60.7 Å². The summed E-state index contributed by atoms with van der Waals surface area (Å²) in [6.45, 7) is 2.64. The Morgan fingerprint density at radius 1 is 1.09 bits per heavy atom. The fraction of sp³-hybridized carbons (Fsp3) is 0.158. The lowest BCUT2D eigenvalue weighted by molar-refractivity contribution is 0.0593. The first-order chi connectivity index (χ1) is 11.2. The molecular formula is C19H18N2O2. The predicted octanol–water partition coefficient (Wildman–Crippen LogP) is 3.69. The zero-order valence-corrected chi connectivity index (χ0v) is 13.2. The molecule has 0 bridgehead atoms. The van der Waals surface area contributed by atoms with E-state index in [0.29, 0.717) is 12.2 Å². The van der Waals surface area contributed by atoms with E-state index in [1.165, 1.54) is 12.7 Å². The van der Waals surface area contributed by atoms with Crippen molar-refractivity contribution in [2.75, 3.05) is 7.11 Å². The highest BCUT2D eigenvalue weighted by Crippen LogP contribution is 2.22. The maximum Gasteiger partial charge on any atom is 0.358 e. The van der Waals surface area contributed by atoms with Crippen molar-refractivity contribution in [3.8, 4) is 11.3 Å². The van der Waals surface area contributed by atoms with Gasteiger partial charge in [0.25, 0.3) is 0 Å². The number of methoxy groups -OCH3 is 1. The van der Waals surface area contributed by atoms with Gasteiger partial charge in [-0.15, -0.1) is 0 Å². The maximum absolute atomic E-state index is 11.8. The van der Waals surface area contributed by atoms with E-state index in [0.717, 1.165) is 16.8 Å². The Kier molecular flexibility index (Phi) is 4.24. The van der Waals surface area contributed by atoms with Crippen molar-refractivity contribution in [2.45, 2.75) is 13.5 Å². The lowest BCUT2D eigenvalue weighted by Crippen LogP contribution is -2.07. The summed E-state index contributed by atoms with van der Waals surface area (Å²) < 4.78 is 6.63. The van der Waals surface area contributed by atoms with Gasteiger partial charge in [0.1, 0.15) is 0 Å². The highest BCUT2D eigenvalue weighted by Gasteiger charge is 2.16. The molecule has 3 rings (SSSR count). The van der Waals surface area contributed by atoms with E-state index >= 15 is 0 Å². The topological polar surface area (TPSA) is 44.1 Å². The van der Waals surface area contributed by atoms with Crippen LogP contribution in [0, 0.1) is 6.92 Å². The van der Waals surface area contributed by atoms with Crippen LogP contribution >= 0.6 is 0 Å². The number of ether oxygens (including phenoxy) is 1. The van der Waals surface area contributed by atoms with Crippen molar-refractivity contribution in [1.82, 2.24) is 9.78 Å². The van der Waals surface area contributed by atoms with Gasteiger partial charge in [0, 0.05) is 0 Å². The highest BCUT2D eigenvalue weighted by molar-refractivity contribution is 5.88. The van der Waals surface area contributed by atoms with Gasteiger partial charge in [0.2, 0.25) is 0 Å². The molecule has 0 saturated heterocycles. The Labute approximate surface area is 135 Å². The molecule has 0 unspecified atom stereocenters. The zero-order valence-electron chi connectivity index (χ0n) is 13.2. The van der Waals surface area contributed by atoms with Crippen LogP contribution in [0.2, 0.25) is 0 Å². The molecule has 0 aliphatic carbocycles. The molecule has 0 aliphatic heterocycles. The van der Waals surface area contributed by atoms with Gasteiger partial charge in [0.05, 0.1) is 19.3 Å². The van der Waals surface area contributed by atoms with Crippen molar-refractivity contribution >= 4 is 5.97 Å². The van der Waals surface area contributed by atoms with Crippen LogP contribution in [-0.2, 0) is 11.3 Å². The smallest absolute Gasteiger partial charge is 0.358 e. The standard InChI is InChI=1S/C19H18N2O2/c1-14-8-10-16(11-9-14)18-12-17(19(22)23-2)20-21(18)13-15-6-4-3-5-7-15/h3-12H,13H2,1-2H3. The van der Waals surface area contributed by atoms with Crippen molar-refractivity contribution in [3.63, 3.8) is 0 Å². The lowest BCUT2D eigenvalue weighted by atomic mass is 10.1. The van der Waals surface area contributed by atoms with Crippen LogP contribution in [0.25, 0.3) is 11.3 Å². The molecule has 3 aromatic rings. The molecule has 0 aliphatic rings. The molecule has 0 radical (unpaired) electrons. The van der Waals surface area contributed by atoms with Gasteiger partial charge in [0.15, 0.2) is 5.69 Å². The highest BCUT2D eigenvalue weighted by atomic mass is 16.5. The normalized spacial score (nSPS) is 10.5. The SMILES string of the molecule is COC(=O)c1cc(-c2ccc(C)cc2)n(Cc2ccccc2)n1. The van der Waals surface area contributed by atoms with E-state index in [4.69, 9.17) is 4.74 Å². The van der Waals surface area contributed by atoms with E-state index < -0.39 is 5.97 Å². The molecule has 4 nitrogen and oxygen atoms in total. The van der Waals surface area contributed by atoms with Crippen LogP contribution in [0.1, 0.15) is 21.6 Å². The number of carbonyl (C=O) groups excluding carboxylic acids is 1. The Morgan fingerprint density at radius 2 is 1.78 bits per heavy atom. The number of nitrogens with zero attached hydrogens (tertiary/aromatic N) is 2. The van der Waals surface area contributed by atoms with Crippen molar-refractivity contribution in [1.29, 1.82) is 0 Å². The molecule has 0 atom stereocenters. The fourth-order valence-electron chi connectivity index (χ4n) is 2.45. The summed E-state index contributed by atoms with van der Waals surface area (Å²) in [6.07, 6.45) is 0. The molecule has 0 amide bonds. The second-order valence-electron chi connectivity index (χ2n) is 5.42. The van der Waals surface area contributed by atoms with E-state index in [1.807, 2.05) is 66.2 Å². The average molecular weight is 306 g/mol. The third kappa shape index (κ3) is 3.31. The van der Waals surface area contributed by atoms with Gasteiger partial charge in [-0.3, -0.25) is 4.68 Å². The minimum atomic E-state index is -0.426. The maximum atomic E-state index is 11.8.